The first kappa shape index (κ1) is 35.3. The average molecular weight is 676 g/mol. The number of carbonyl (C=O) groups is 1. The van der Waals surface area contributed by atoms with E-state index in [4.69, 9.17) is 29.2 Å². The molecule has 0 saturated heterocycles. The quantitative estimate of drug-likeness (QED) is 0.0784. The maximum absolute atomic E-state index is 14.9. The van der Waals surface area contributed by atoms with Crippen molar-refractivity contribution in [3.8, 4) is 5.75 Å². The molecule has 0 spiro atoms. The van der Waals surface area contributed by atoms with Gasteiger partial charge in [0.15, 0.2) is 5.82 Å². The molecule has 48 heavy (non-hydrogen) atoms. The lowest BCUT2D eigenvalue weighted by molar-refractivity contribution is -0.149. The second kappa shape index (κ2) is 15.0. The first-order valence-corrected chi connectivity index (χ1v) is 18.1. The van der Waals surface area contributed by atoms with Gasteiger partial charge < -0.3 is 24.3 Å². The molecular weight excluding hydrogens is 629 g/mol. The molecule has 0 fully saturated rings. The third kappa shape index (κ3) is 7.65. The zero-order valence-electron chi connectivity index (χ0n) is 28.6. The van der Waals surface area contributed by atoms with Crippen molar-refractivity contribution in [3.05, 3.63) is 72.6 Å². The van der Waals surface area contributed by atoms with Gasteiger partial charge in [-0.15, -0.1) is 0 Å². The average Bonchev–Trinajstić information content (AvgIpc) is 3.47. The maximum atomic E-state index is 14.9. The van der Waals surface area contributed by atoms with Crippen molar-refractivity contribution >= 4 is 52.2 Å². The Hall–Kier alpha value is -4.02. The number of hydrogen-bond acceptors (Lipinski definition) is 9. The molecule has 0 aliphatic rings. The van der Waals surface area contributed by atoms with Gasteiger partial charge in [0.25, 0.3) is 0 Å². The van der Waals surface area contributed by atoms with Crippen LogP contribution >= 0.6 is 7.75 Å². The second-order valence-electron chi connectivity index (χ2n) is 12.5. The van der Waals surface area contributed by atoms with Gasteiger partial charge in [0.05, 0.1) is 29.3 Å². The topological polar surface area (TPSA) is 140 Å². The molecule has 5 aromatic rings. The number of nitrogens with one attached hydrogen (secondary N) is 1. The smallest absolute Gasteiger partial charge is 0.459 e. The molecule has 2 aromatic heterocycles. The largest absolute Gasteiger partial charge is 0.462 e. The molecule has 0 saturated carbocycles. The van der Waals surface area contributed by atoms with Crippen LogP contribution in [-0.2, 0) is 35.5 Å². The molecule has 0 aliphatic carbocycles. The fourth-order valence-electron chi connectivity index (χ4n) is 5.87. The zero-order chi connectivity index (χ0) is 34.5. The Morgan fingerprint density at radius 2 is 1.71 bits per heavy atom. The number of carbonyl (C=O) groups excluding carboxylic acids is 1. The monoisotopic (exact) mass is 675 g/mol. The Morgan fingerprint density at radius 1 is 1.00 bits per heavy atom. The van der Waals surface area contributed by atoms with Crippen LogP contribution in [0.3, 0.4) is 0 Å². The van der Waals surface area contributed by atoms with E-state index in [2.05, 4.69) is 21.6 Å². The summed E-state index contributed by atoms with van der Waals surface area (Å²) in [6.45, 7) is 11.8. The predicted molar refractivity (Wildman–Crippen MR) is 190 cm³/mol. The van der Waals surface area contributed by atoms with Crippen molar-refractivity contribution in [2.75, 3.05) is 18.9 Å². The van der Waals surface area contributed by atoms with Crippen molar-refractivity contribution < 1.29 is 27.9 Å². The van der Waals surface area contributed by atoms with E-state index < -0.39 is 25.3 Å². The van der Waals surface area contributed by atoms with Gasteiger partial charge >= 0.3 is 13.7 Å². The minimum Gasteiger partial charge on any atom is -0.462 e. The summed E-state index contributed by atoms with van der Waals surface area (Å²) in [4.78, 5) is 22.5. The van der Waals surface area contributed by atoms with Gasteiger partial charge in [-0.1, -0.05) is 74.4 Å². The lowest BCUT2D eigenvalue weighted by atomic mass is 9.94. The Morgan fingerprint density at radius 3 is 2.44 bits per heavy atom. The van der Waals surface area contributed by atoms with E-state index in [1.54, 1.807) is 26.8 Å². The number of esters is 1. The summed E-state index contributed by atoms with van der Waals surface area (Å²) in [5.41, 5.74) is 7.76. The van der Waals surface area contributed by atoms with Crippen LogP contribution < -0.4 is 15.3 Å². The number of hydrogen-bond donors (Lipinski definition) is 2. The number of nitrogens with two attached hydrogens (primary N) is 1. The van der Waals surface area contributed by atoms with Crippen LogP contribution in [0, 0.1) is 0 Å². The standard InChI is InChI=1S/C36H46N5O6P/c1-7-9-21-36(6,41-31(22-44-8-2)39-32-33(41)28-18-12-13-19-29(28)38-34(32)37)23-45-48(43,40-25(5)35(42)46-24(3)4)47-30-20-14-16-26-15-10-11-17-27(26)30/h10-20,24-25H,7-9,21-23H2,1-6H3,(H2,37,38)(H,40,43)/t25-,36+,48+/m0/s1. The third-order valence-corrected chi connectivity index (χ3v) is 9.81. The number of nitrogens with zero attached hydrogens (tertiary/aromatic N) is 3. The second-order valence-corrected chi connectivity index (χ2v) is 14.2. The van der Waals surface area contributed by atoms with Gasteiger partial charge in [0, 0.05) is 17.4 Å². The Kier molecular flexibility index (Phi) is 11.1. The summed E-state index contributed by atoms with van der Waals surface area (Å²) in [5.74, 6) is 0.741. The minimum atomic E-state index is -4.24. The van der Waals surface area contributed by atoms with E-state index >= 15 is 0 Å². The third-order valence-electron chi connectivity index (χ3n) is 8.20. The van der Waals surface area contributed by atoms with Gasteiger partial charge in [-0.3, -0.25) is 9.32 Å². The van der Waals surface area contributed by atoms with E-state index in [0.717, 1.165) is 40.0 Å². The zero-order valence-corrected chi connectivity index (χ0v) is 29.5. The molecule has 0 aliphatic heterocycles. The highest BCUT2D eigenvalue weighted by Crippen LogP contribution is 2.49. The molecule has 3 atom stereocenters. The molecule has 3 aromatic carbocycles. The number of fused-ring (bicyclic) bond motifs is 4. The highest BCUT2D eigenvalue weighted by molar-refractivity contribution is 7.52. The van der Waals surface area contributed by atoms with Gasteiger partial charge in [-0.2, -0.15) is 5.09 Å². The summed E-state index contributed by atoms with van der Waals surface area (Å²) in [6, 6.07) is 19.9. The van der Waals surface area contributed by atoms with E-state index in [0.29, 0.717) is 35.9 Å². The van der Waals surface area contributed by atoms with Crippen LogP contribution in [0.5, 0.6) is 5.75 Å². The van der Waals surface area contributed by atoms with Crippen molar-refractivity contribution in [2.24, 2.45) is 0 Å². The van der Waals surface area contributed by atoms with Crippen LogP contribution in [0.2, 0.25) is 0 Å². The highest BCUT2D eigenvalue weighted by Gasteiger charge is 2.39. The fourth-order valence-corrected chi connectivity index (χ4v) is 7.49. The van der Waals surface area contributed by atoms with Crippen LogP contribution in [0.15, 0.2) is 66.7 Å². The first-order valence-electron chi connectivity index (χ1n) is 16.5. The molecule has 5 rings (SSSR count). The minimum absolute atomic E-state index is 0.0604. The Bertz CT molecular complexity index is 1940. The van der Waals surface area contributed by atoms with Crippen molar-refractivity contribution in [2.45, 2.75) is 85.1 Å². The first-order chi connectivity index (χ1) is 23.0. The van der Waals surface area contributed by atoms with E-state index in [1.807, 2.05) is 74.5 Å². The molecule has 0 bridgehead atoms. The lowest BCUT2D eigenvalue weighted by Crippen LogP contribution is -2.40. The number of aromatic nitrogens is 3. The molecule has 0 unspecified atom stereocenters. The molecule has 2 heterocycles. The van der Waals surface area contributed by atoms with Gasteiger partial charge in [0.1, 0.15) is 29.7 Å². The number of rotatable bonds is 16. The summed E-state index contributed by atoms with van der Waals surface area (Å²) in [6.07, 6.45) is 2.04. The molecule has 256 valence electrons. The molecule has 12 heteroatoms. The fraction of sp³-hybridized carbons (Fsp3) is 0.417. The summed E-state index contributed by atoms with van der Waals surface area (Å²) >= 11 is 0. The summed E-state index contributed by atoms with van der Waals surface area (Å²) in [7, 11) is -4.24. The van der Waals surface area contributed by atoms with Gasteiger partial charge in [-0.25, -0.2) is 14.5 Å². The Labute approximate surface area is 281 Å². The molecule has 11 nitrogen and oxygen atoms in total. The number of anilines is 1. The number of unbranched alkanes of at least 4 members (excludes halogenated alkanes) is 1. The number of para-hydroxylation sites is 1. The van der Waals surface area contributed by atoms with E-state index in [1.165, 1.54) is 0 Å². The predicted octanol–water partition coefficient (Wildman–Crippen LogP) is 7.90. The van der Waals surface area contributed by atoms with Gasteiger partial charge in [0.2, 0.25) is 0 Å². The van der Waals surface area contributed by atoms with Gasteiger partial charge in [-0.05, 0) is 58.6 Å². The summed E-state index contributed by atoms with van der Waals surface area (Å²) < 4.78 is 41.0. The van der Waals surface area contributed by atoms with Crippen LogP contribution in [0.4, 0.5) is 5.82 Å². The van der Waals surface area contributed by atoms with Crippen LogP contribution in [0.1, 0.15) is 66.6 Å². The number of ether oxygens (including phenoxy) is 2. The van der Waals surface area contributed by atoms with Crippen molar-refractivity contribution in [1.82, 2.24) is 19.6 Å². The molecular formula is C36H46N5O6P. The number of pyridine rings is 1. The SMILES string of the molecule is CCCC[C@](C)(CO[P@](=O)(N[C@@H](C)C(=O)OC(C)C)Oc1cccc2ccccc12)n1c(COCC)nc2c(N)nc3ccccc3c21. The molecule has 3 N–H and O–H groups in total. The van der Waals surface area contributed by atoms with Crippen molar-refractivity contribution in [3.63, 3.8) is 0 Å². The lowest BCUT2D eigenvalue weighted by Gasteiger charge is -2.35. The number of imidazole rings is 1. The number of benzene rings is 3. The van der Waals surface area contributed by atoms with E-state index in [-0.39, 0.29) is 19.3 Å². The Balaban J connectivity index is 1.62. The number of nitrogen functional groups attached to an aromatic ring is 1. The maximum Gasteiger partial charge on any atom is 0.459 e. The molecule has 0 radical (unpaired) electrons. The molecule has 0 amide bonds. The van der Waals surface area contributed by atoms with Crippen molar-refractivity contribution in [1.29, 1.82) is 0 Å². The highest BCUT2D eigenvalue weighted by atomic mass is 31.2. The summed E-state index contributed by atoms with van der Waals surface area (Å²) in [5, 5.41) is 5.40. The normalized spacial score (nSPS) is 15.1. The van der Waals surface area contributed by atoms with Crippen LogP contribution in [0.25, 0.3) is 32.7 Å². The van der Waals surface area contributed by atoms with E-state index in [9.17, 15) is 9.36 Å². The van der Waals surface area contributed by atoms with Crippen LogP contribution in [-0.4, -0.2) is 45.9 Å².